The molecule has 0 bridgehead atoms. The summed E-state index contributed by atoms with van der Waals surface area (Å²) in [4.78, 5) is 21.2. The van der Waals surface area contributed by atoms with Crippen LogP contribution >= 0.6 is 0 Å². The van der Waals surface area contributed by atoms with Gasteiger partial charge in [0.25, 0.3) is 0 Å². The molecule has 86 valence electrons. The van der Waals surface area contributed by atoms with Crippen molar-refractivity contribution in [3.8, 4) is 0 Å². The van der Waals surface area contributed by atoms with E-state index in [1.54, 1.807) is 12.1 Å². The summed E-state index contributed by atoms with van der Waals surface area (Å²) in [7, 11) is 0. The number of nitrogens with one attached hydrogen (secondary N) is 1. The highest BCUT2D eigenvalue weighted by Gasteiger charge is 2.05. The van der Waals surface area contributed by atoms with Gasteiger partial charge in [0.15, 0.2) is 6.61 Å². The van der Waals surface area contributed by atoms with E-state index in [2.05, 4.69) is 10.1 Å². The summed E-state index contributed by atoms with van der Waals surface area (Å²) >= 11 is 0. The minimum atomic E-state index is -1.18. The number of benzene rings is 1. The number of anilines is 1. The van der Waals surface area contributed by atoms with Crippen molar-refractivity contribution in [2.24, 2.45) is 0 Å². The van der Waals surface area contributed by atoms with Gasteiger partial charge in [-0.05, 0) is 24.1 Å². The summed E-state index contributed by atoms with van der Waals surface area (Å²) in [5, 5.41) is 10.7. The summed E-state index contributed by atoms with van der Waals surface area (Å²) in [6, 6.07) is 7.24. The van der Waals surface area contributed by atoms with E-state index in [-0.39, 0.29) is 0 Å². The van der Waals surface area contributed by atoms with Gasteiger partial charge in [-0.15, -0.1) is 0 Å². The predicted octanol–water partition coefficient (Wildman–Crippen LogP) is 1.88. The van der Waals surface area contributed by atoms with E-state index in [1.807, 2.05) is 19.1 Å². The van der Waals surface area contributed by atoms with Gasteiger partial charge in [0, 0.05) is 5.69 Å². The monoisotopic (exact) mass is 223 g/mol. The highest BCUT2D eigenvalue weighted by molar-refractivity contribution is 5.86. The lowest BCUT2D eigenvalue weighted by Crippen LogP contribution is -2.18. The maximum atomic E-state index is 11.1. The number of aliphatic carboxylic acids is 1. The summed E-state index contributed by atoms with van der Waals surface area (Å²) in [6.45, 7) is 1.39. The summed E-state index contributed by atoms with van der Waals surface area (Å²) in [5.41, 5.74) is 1.73. The van der Waals surface area contributed by atoms with Gasteiger partial charge in [0.2, 0.25) is 0 Å². The number of carboxylic acids is 1. The van der Waals surface area contributed by atoms with Gasteiger partial charge in [0.05, 0.1) is 0 Å². The maximum absolute atomic E-state index is 11.1. The van der Waals surface area contributed by atoms with E-state index >= 15 is 0 Å². The van der Waals surface area contributed by atoms with Crippen LogP contribution in [-0.2, 0) is 16.0 Å². The van der Waals surface area contributed by atoms with Crippen molar-refractivity contribution in [3.63, 3.8) is 0 Å². The Morgan fingerprint density at radius 1 is 1.31 bits per heavy atom. The minimum Gasteiger partial charge on any atom is -0.479 e. The van der Waals surface area contributed by atoms with Crippen LogP contribution < -0.4 is 5.32 Å². The molecule has 0 aliphatic heterocycles. The molecule has 5 nitrogen and oxygen atoms in total. The molecule has 0 aliphatic carbocycles. The van der Waals surface area contributed by atoms with Crippen LogP contribution in [0.25, 0.3) is 0 Å². The molecule has 5 heteroatoms. The lowest BCUT2D eigenvalue weighted by Gasteiger charge is -2.05. The van der Waals surface area contributed by atoms with Crippen molar-refractivity contribution in [3.05, 3.63) is 29.8 Å². The number of carbonyl (C=O) groups excluding carboxylic acids is 1. The SMILES string of the molecule is CCc1ccc(NC(=O)OCC(=O)O)cc1. The van der Waals surface area contributed by atoms with Gasteiger partial charge in [0.1, 0.15) is 0 Å². The second-order valence-corrected chi connectivity index (χ2v) is 3.15. The average Bonchev–Trinajstić information content (AvgIpc) is 2.27. The lowest BCUT2D eigenvalue weighted by atomic mass is 10.1. The van der Waals surface area contributed by atoms with E-state index in [0.717, 1.165) is 12.0 Å². The number of amides is 1. The molecule has 0 spiro atoms. The van der Waals surface area contributed by atoms with Crippen molar-refractivity contribution in [2.45, 2.75) is 13.3 Å². The van der Waals surface area contributed by atoms with Crippen LogP contribution in [0, 0.1) is 0 Å². The van der Waals surface area contributed by atoms with E-state index in [1.165, 1.54) is 0 Å². The van der Waals surface area contributed by atoms with Crippen molar-refractivity contribution in [1.82, 2.24) is 0 Å². The summed E-state index contributed by atoms with van der Waals surface area (Å²) in [6.07, 6.45) is 0.149. The van der Waals surface area contributed by atoms with Gasteiger partial charge >= 0.3 is 12.1 Å². The first-order valence-electron chi connectivity index (χ1n) is 4.86. The van der Waals surface area contributed by atoms with E-state index < -0.39 is 18.7 Å². The predicted molar refractivity (Wildman–Crippen MR) is 58.4 cm³/mol. The molecule has 0 saturated carbocycles. The van der Waals surface area contributed by atoms with Crippen molar-refractivity contribution >= 4 is 17.7 Å². The van der Waals surface area contributed by atoms with Crippen LogP contribution in [-0.4, -0.2) is 23.8 Å². The number of hydrogen-bond acceptors (Lipinski definition) is 3. The number of aryl methyl sites for hydroxylation is 1. The Balaban J connectivity index is 2.46. The third kappa shape index (κ3) is 4.00. The van der Waals surface area contributed by atoms with Gasteiger partial charge in [-0.3, -0.25) is 5.32 Å². The van der Waals surface area contributed by atoms with Crippen LogP contribution in [0.2, 0.25) is 0 Å². The Labute approximate surface area is 93.0 Å². The number of hydrogen-bond donors (Lipinski definition) is 2. The van der Waals surface area contributed by atoms with Crippen LogP contribution in [0.3, 0.4) is 0 Å². The molecule has 0 unspecified atom stereocenters. The summed E-state index contributed by atoms with van der Waals surface area (Å²) < 4.78 is 4.41. The minimum absolute atomic E-state index is 0.576. The normalized spacial score (nSPS) is 9.56. The first-order valence-corrected chi connectivity index (χ1v) is 4.86. The smallest absolute Gasteiger partial charge is 0.412 e. The molecule has 0 atom stereocenters. The van der Waals surface area contributed by atoms with E-state index in [9.17, 15) is 9.59 Å². The quantitative estimate of drug-likeness (QED) is 0.817. The molecule has 0 saturated heterocycles. The van der Waals surface area contributed by atoms with Crippen molar-refractivity contribution in [2.75, 3.05) is 11.9 Å². The summed E-state index contributed by atoms with van der Waals surface area (Å²) in [5.74, 6) is -1.18. The largest absolute Gasteiger partial charge is 0.479 e. The van der Waals surface area contributed by atoms with Crippen LogP contribution in [0.15, 0.2) is 24.3 Å². The van der Waals surface area contributed by atoms with Crippen LogP contribution in [0.1, 0.15) is 12.5 Å². The molecule has 1 aromatic carbocycles. The molecular formula is C11H13NO4. The van der Waals surface area contributed by atoms with E-state index in [0.29, 0.717) is 5.69 Å². The molecule has 16 heavy (non-hydrogen) atoms. The topological polar surface area (TPSA) is 75.6 Å². The highest BCUT2D eigenvalue weighted by Crippen LogP contribution is 2.09. The van der Waals surface area contributed by atoms with Gasteiger partial charge in [-0.2, -0.15) is 0 Å². The first-order chi connectivity index (χ1) is 7.61. The lowest BCUT2D eigenvalue weighted by molar-refractivity contribution is -0.140. The van der Waals surface area contributed by atoms with Gasteiger partial charge in [-0.1, -0.05) is 19.1 Å². The zero-order valence-electron chi connectivity index (χ0n) is 8.90. The molecule has 2 N–H and O–H groups in total. The Hall–Kier alpha value is -2.04. The third-order valence-corrected chi connectivity index (χ3v) is 1.94. The van der Waals surface area contributed by atoms with Crippen molar-refractivity contribution in [1.29, 1.82) is 0 Å². The van der Waals surface area contributed by atoms with E-state index in [4.69, 9.17) is 5.11 Å². The molecule has 0 heterocycles. The Bertz CT molecular complexity index is 372. The zero-order chi connectivity index (χ0) is 12.0. The molecule has 0 aliphatic rings. The molecular weight excluding hydrogens is 210 g/mol. The Morgan fingerprint density at radius 2 is 1.94 bits per heavy atom. The Kier molecular flexibility index (Phi) is 4.32. The second kappa shape index (κ2) is 5.75. The molecule has 1 rings (SSSR count). The molecule has 1 aromatic rings. The number of ether oxygens (including phenoxy) is 1. The third-order valence-electron chi connectivity index (χ3n) is 1.94. The molecule has 0 radical (unpaired) electrons. The maximum Gasteiger partial charge on any atom is 0.412 e. The fourth-order valence-corrected chi connectivity index (χ4v) is 1.11. The number of carbonyl (C=O) groups is 2. The standard InChI is InChI=1S/C11H13NO4/c1-2-8-3-5-9(6-4-8)12-11(15)16-7-10(13)14/h3-6H,2,7H2,1H3,(H,12,15)(H,13,14). The van der Waals surface area contributed by atoms with Crippen LogP contribution in [0.4, 0.5) is 10.5 Å². The van der Waals surface area contributed by atoms with Crippen LogP contribution in [0.5, 0.6) is 0 Å². The molecule has 0 fully saturated rings. The second-order valence-electron chi connectivity index (χ2n) is 3.15. The van der Waals surface area contributed by atoms with Crippen molar-refractivity contribution < 1.29 is 19.4 Å². The fraction of sp³-hybridized carbons (Fsp3) is 0.273. The average molecular weight is 223 g/mol. The van der Waals surface area contributed by atoms with Gasteiger partial charge < -0.3 is 9.84 Å². The highest BCUT2D eigenvalue weighted by atomic mass is 16.6. The van der Waals surface area contributed by atoms with Gasteiger partial charge in [-0.25, -0.2) is 9.59 Å². The first kappa shape index (κ1) is 12.0. The number of rotatable bonds is 4. The fourth-order valence-electron chi connectivity index (χ4n) is 1.11. The number of carboxylic acid groups (broad SMARTS) is 1. The molecule has 0 aromatic heterocycles. The Morgan fingerprint density at radius 3 is 2.44 bits per heavy atom. The zero-order valence-corrected chi connectivity index (χ0v) is 8.90. The molecule has 1 amide bonds.